The van der Waals surface area contributed by atoms with E-state index in [0.717, 1.165) is 48.3 Å². The molecule has 2 saturated heterocycles. The van der Waals surface area contributed by atoms with E-state index in [4.69, 9.17) is 9.47 Å². The van der Waals surface area contributed by atoms with Crippen LogP contribution < -0.4 is 0 Å². The molecule has 176 valence electrons. The van der Waals surface area contributed by atoms with Gasteiger partial charge in [0, 0.05) is 25.1 Å². The zero-order valence-corrected chi connectivity index (χ0v) is 19.1. The number of aliphatic hydroxyl groups is 1. The highest BCUT2D eigenvalue weighted by molar-refractivity contribution is 5.94. The van der Waals surface area contributed by atoms with Crippen molar-refractivity contribution in [2.45, 2.75) is 45.8 Å². The first-order valence-electron chi connectivity index (χ1n) is 11.7. The summed E-state index contributed by atoms with van der Waals surface area (Å²) in [6.45, 7) is 7.09. The van der Waals surface area contributed by atoms with Crippen LogP contribution in [0.5, 0.6) is 0 Å². The van der Waals surface area contributed by atoms with Crippen LogP contribution in [0, 0.1) is 18.8 Å². The van der Waals surface area contributed by atoms with Crippen LogP contribution in [0.3, 0.4) is 0 Å². The Labute approximate surface area is 193 Å². The van der Waals surface area contributed by atoms with Gasteiger partial charge in [-0.05, 0) is 68.8 Å². The van der Waals surface area contributed by atoms with Gasteiger partial charge in [-0.15, -0.1) is 0 Å². The van der Waals surface area contributed by atoms with Crippen LogP contribution in [0.15, 0.2) is 23.4 Å². The number of cyclic esters (lactones) is 2. The molecule has 1 aromatic rings. The lowest BCUT2D eigenvalue weighted by Gasteiger charge is -2.35. The SMILES string of the molecule is CC1=C(N2CC(C3CCN(C[C@H](O)c4ccc5c(c4C)COC5=O)CC3)CC2=O)COC1=O. The van der Waals surface area contributed by atoms with Gasteiger partial charge in [0.2, 0.25) is 5.91 Å². The van der Waals surface area contributed by atoms with E-state index in [0.29, 0.717) is 36.6 Å². The second-order valence-electron chi connectivity index (χ2n) is 9.65. The number of amides is 1. The number of β-amino-alcohol motifs (C(OH)–C–C–N with tert-alkyl or cyclic N) is 1. The molecule has 2 fully saturated rings. The number of carbonyl (C=O) groups is 3. The van der Waals surface area contributed by atoms with Gasteiger partial charge in [0.05, 0.1) is 22.9 Å². The Kier molecular flexibility index (Phi) is 5.74. The predicted octanol–water partition coefficient (Wildman–Crippen LogP) is 2.09. The summed E-state index contributed by atoms with van der Waals surface area (Å²) in [6, 6.07) is 3.59. The lowest BCUT2D eigenvalue weighted by Crippen LogP contribution is -2.39. The maximum Gasteiger partial charge on any atom is 0.338 e. The number of rotatable bonds is 5. The maximum atomic E-state index is 12.6. The Bertz CT molecular complexity index is 1040. The van der Waals surface area contributed by atoms with Gasteiger partial charge in [-0.25, -0.2) is 9.59 Å². The van der Waals surface area contributed by atoms with Crippen molar-refractivity contribution in [3.8, 4) is 0 Å². The summed E-state index contributed by atoms with van der Waals surface area (Å²) in [5, 5.41) is 10.9. The fraction of sp³-hybridized carbons (Fsp3) is 0.560. The molecule has 4 aliphatic rings. The van der Waals surface area contributed by atoms with Gasteiger partial charge < -0.3 is 24.4 Å². The van der Waals surface area contributed by atoms with Gasteiger partial charge >= 0.3 is 11.9 Å². The first kappa shape index (κ1) is 22.1. The molecule has 8 heteroatoms. The molecule has 0 bridgehead atoms. The van der Waals surface area contributed by atoms with Crippen LogP contribution in [0.2, 0.25) is 0 Å². The van der Waals surface area contributed by atoms with E-state index in [1.54, 1.807) is 17.9 Å². The molecule has 1 aromatic carbocycles. The summed E-state index contributed by atoms with van der Waals surface area (Å²) in [6.07, 6.45) is 1.86. The molecule has 0 spiro atoms. The Balaban J connectivity index is 1.16. The highest BCUT2D eigenvalue weighted by atomic mass is 16.5. The quantitative estimate of drug-likeness (QED) is 0.681. The van der Waals surface area contributed by atoms with Crippen molar-refractivity contribution < 1.29 is 29.0 Å². The average Bonchev–Trinajstić information content (AvgIpc) is 3.47. The molecule has 5 rings (SSSR count). The number of benzene rings is 1. The highest BCUT2D eigenvalue weighted by Crippen LogP contribution is 2.36. The van der Waals surface area contributed by atoms with Crippen molar-refractivity contribution >= 4 is 17.8 Å². The number of esters is 2. The molecule has 1 amide bonds. The van der Waals surface area contributed by atoms with Crippen molar-refractivity contribution in [2.75, 3.05) is 32.8 Å². The third-order valence-electron chi connectivity index (χ3n) is 7.86. The third kappa shape index (κ3) is 3.95. The Morgan fingerprint density at radius 3 is 2.45 bits per heavy atom. The number of nitrogens with zero attached hydrogens (tertiary/aromatic N) is 2. The second kappa shape index (κ2) is 8.57. The van der Waals surface area contributed by atoms with E-state index in [-0.39, 0.29) is 37.0 Å². The summed E-state index contributed by atoms with van der Waals surface area (Å²) in [5.74, 6) is 0.206. The predicted molar refractivity (Wildman–Crippen MR) is 118 cm³/mol. The first-order chi connectivity index (χ1) is 15.8. The molecule has 0 aromatic heterocycles. The van der Waals surface area contributed by atoms with Crippen LogP contribution in [0.1, 0.15) is 59.3 Å². The number of hydrogen-bond donors (Lipinski definition) is 1. The monoisotopic (exact) mass is 454 g/mol. The molecular formula is C25H30N2O6. The van der Waals surface area contributed by atoms with Crippen LogP contribution >= 0.6 is 0 Å². The molecule has 0 saturated carbocycles. The van der Waals surface area contributed by atoms with Crippen molar-refractivity contribution in [1.82, 2.24) is 9.80 Å². The summed E-state index contributed by atoms with van der Waals surface area (Å²) >= 11 is 0. The number of aliphatic hydroxyl groups excluding tert-OH is 1. The average molecular weight is 455 g/mol. The topological polar surface area (TPSA) is 96.4 Å². The fourth-order valence-corrected chi connectivity index (χ4v) is 5.74. The Morgan fingerprint density at radius 2 is 1.76 bits per heavy atom. The summed E-state index contributed by atoms with van der Waals surface area (Å²) in [7, 11) is 0. The normalized spacial score (nSPS) is 25.0. The lowest BCUT2D eigenvalue weighted by molar-refractivity contribution is -0.136. The van der Waals surface area contributed by atoms with Crippen molar-refractivity contribution in [2.24, 2.45) is 11.8 Å². The number of carbonyl (C=O) groups excluding carboxylic acids is 3. The molecular weight excluding hydrogens is 424 g/mol. The van der Waals surface area contributed by atoms with E-state index in [1.807, 2.05) is 13.0 Å². The summed E-state index contributed by atoms with van der Waals surface area (Å²) < 4.78 is 10.2. The molecule has 0 aliphatic carbocycles. The summed E-state index contributed by atoms with van der Waals surface area (Å²) in [5.41, 5.74) is 4.54. The van der Waals surface area contributed by atoms with E-state index in [2.05, 4.69) is 4.90 Å². The standard InChI is InChI=1S/C25H30N2O6/c1-14-18(3-4-19-20(14)12-32-25(19)31)22(28)11-26-7-5-16(6-8-26)17-9-23(29)27(10-17)21-13-33-24(30)15(21)2/h3-4,16-17,22,28H,5-13H2,1-2H3/t17?,22-/m0/s1. The van der Waals surface area contributed by atoms with Gasteiger partial charge in [0.1, 0.15) is 13.2 Å². The maximum absolute atomic E-state index is 12.6. The minimum atomic E-state index is -0.624. The van der Waals surface area contributed by atoms with E-state index in [9.17, 15) is 19.5 Å². The van der Waals surface area contributed by atoms with Crippen molar-refractivity contribution in [3.63, 3.8) is 0 Å². The zero-order valence-electron chi connectivity index (χ0n) is 19.1. The number of likely N-dealkylation sites (tertiary alicyclic amines) is 2. The molecule has 2 atom stereocenters. The van der Waals surface area contributed by atoms with Gasteiger partial charge in [0.25, 0.3) is 0 Å². The number of fused-ring (bicyclic) bond motifs is 1. The van der Waals surface area contributed by atoms with Gasteiger partial charge in [0.15, 0.2) is 0 Å². The molecule has 0 radical (unpaired) electrons. The van der Waals surface area contributed by atoms with E-state index >= 15 is 0 Å². The second-order valence-corrected chi connectivity index (χ2v) is 9.65. The van der Waals surface area contributed by atoms with Crippen molar-refractivity contribution in [3.05, 3.63) is 45.7 Å². The van der Waals surface area contributed by atoms with Crippen LogP contribution in [-0.2, 0) is 25.7 Å². The summed E-state index contributed by atoms with van der Waals surface area (Å²) in [4.78, 5) is 40.1. The van der Waals surface area contributed by atoms with Crippen molar-refractivity contribution in [1.29, 1.82) is 0 Å². The van der Waals surface area contributed by atoms with Gasteiger partial charge in [-0.2, -0.15) is 0 Å². The Hall–Kier alpha value is -2.71. The van der Waals surface area contributed by atoms with Crippen LogP contribution in [-0.4, -0.2) is 65.5 Å². The van der Waals surface area contributed by atoms with E-state index in [1.165, 1.54) is 0 Å². The zero-order chi connectivity index (χ0) is 23.3. The lowest BCUT2D eigenvalue weighted by atomic mass is 9.83. The minimum Gasteiger partial charge on any atom is -0.457 e. The molecule has 4 heterocycles. The molecule has 1 N–H and O–H groups in total. The number of ether oxygens (including phenoxy) is 2. The van der Waals surface area contributed by atoms with Gasteiger partial charge in [-0.1, -0.05) is 6.07 Å². The fourth-order valence-electron chi connectivity index (χ4n) is 5.74. The Morgan fingerprint density at radius 1 is 1.03 bits per heavy atom. The minimum absolute atomic E-state index is 0.0834. The van der Waals surface area contributed by atoms with Gasteiger partial charge in [-0.3, -0.25) is 4.79 Å². The molecule has 1 unspecified atom stereocenters. The van der Waals surface area contributed by atoms with Crippen LogP contribution in [0.4, 0.5) is 0 Å². The smallest absolute Gasteiger partial charge is 0.338 e. The third-order valence-corrected chi connectivity index (χ3v) is 7.86. The molecule has 4 aliphatic heterocycles. The van der Waals surface area contributed by atoms with E-state index < -0.39 is 6.10 Å². The first-order valence-corrected chi connectivity index (χ1v) is 11.7. The molecule has 33 heavy (non-hydrogen) atoms. The number of piperidine rings is 1. The largest absolute Gasteiger partial charge is 0.457 e. The highest BCUT2D eigenvalue weighted by Gasteiger charge is 2.40. The van der Waals surface area contributed by atoms with Crippen LogP contribution in [0.25, 0.3) is 0 Å². The molecule has 8 nitrogen and oxygen atoms in total. The number of hydrogen-bond acceptors (Lipinski definition) is 7.